The fraction of sp³-hybridized carbons (Fsp3) is 0.500. The van der Waals surface area contributed by atoms with Crippen LogP contribution in [0.1, 0.15) is 56.2 Å². The van der Waals surface area contributed by atoms with E-state index in [0.29, 0.717) is 45.6 Å². The quantitative estimate of drug-likeness (QED) is 0.419. The van der Waals surface area contributed by atoms with Crippen molar-refractivity contribution in [3.05, 3.63) is 39.0 Å². The van der Waals surface area contributed by atoms with Crippen molar-refractivity contribution in [3.8, 4) is 28.7 Å². The van der Waals surface area contributed by atoms with Gasteiger partial charge in [-0.25, -0.2) is 0 Å². The minimum absolute atomic E-state index is 0.0186. The van der Waals surface area contributed by atoms with Crippen LogP contribution in [0.5, 0.6) is 28.7 Å². The number of carboxylic acids is 1. The van der Waals surface area contributed by atoms with Crippen molar-refractivity contribution in [1.82, 2.24) is 5.32 Å². The van der Waals surface area contributed by atoms with Crippen molar-refractivity contribution < 1.29 is 47.2 Å². The largest absolute Gasteiger partial charge is 0.586 e. The third kappa shape index (κ3) is 4.57. The predicted octanol–water partition coefficient (Wildman–Crippen LogP) is 5.17. The lowest BCUT2D eigenvalue weighted by Crippen LogP contribution is -2.47. The van der Waals surface area contributed by atoms with Gasteiger partial charge in [-0.05, 0) is 79.3 Å². The number of hydrogen-bond donors (Lipinski definition) is 2. The SMILES string of the molecule is COc1ccc2c(c1)O[C@@H](C1CCC(C(=O)O)CC1)C[C@H]2NC(=O)[C@@]1(C)COc2c1cc1c(c2I)OC(F)(F)O1. The predicted molar refractivity (Wildman–Crippen MR) is 144 cm³/mol. The molecule has 4 aliphatic rings. The Morgan fingerprint density at radius 3 is 2.55 bits per heavy atom. The number of alkyl halides is 2. The zero-order valence-corrected chi connectivity index (χ0v) is 24.0. The first-order valence-corrected chi connectivity index (χ1v) is 14.2. The van der Waals surface area contributed by atoms with E-state index in [4.69, 9.17) is 14.2 Å². The number of hydrogen-bond acceptors (Lipinski definition) is 7. The molecule has 0 spiro atoms. The maximum absolute atomic E-state index is 13.9. The van der Waals surface area contributed by atoms with Gasteiger partial charge in [0.05, 0.1) is 19.1 Å². The van der Waals surface area contributed by atoms with E-state index in [1.165, 1.54) is 6.07 Å². The monoisotopic (exact) mass is 671 g/mol. The molecule has 0 radical (unpaired) electrons. The Bertz CT molecular complexity index is 1380. The van der Waals surface area contributed by atoms with Crippen LogP contribution in [-0.4, -0.2) is 43.1 Å². The summed E-state index contributed by atoms with van der Waals surface area (Å²) in [5.74, 6) is 0.00281. The lowest BCUT2D eigenvalue weighted by molar-refractivity contribution is -0.287. The zero-order chi connectivity index (χ0) is 28.4. The standard InChI is InChI=1S/C28H28F2INO8/c1-27(12-37-23-17(27)10-21-24(22(23)31)40-28(29,30)39-21)26(35)32-18-11-19(13-3-5-14(6-4-13)25(33)34)38-20-9-15(36-2)7-8-16(18)20/h7-10,13-14,18-19H,3-6,11-12H2,1-2H3,(H,32,35)(H,33,34)/t13?,14?,18-,19-,27+/m1/s1. The maximum Gasteiger partial charge on any atom is 0.586 e. The van der Waals surface area contributed by atoms with Crippen LogP contribution in [0.4, 0.5) is 8.78 Å². The molecule has 9 nitrogen and oxygen atoms in total. The third-order valence-electron chi connectivity index (χ3n) is 8.49. The van der Waals surface area contributed by atoms with E-state index in [-0.39, 0.29) is 42.0 Å². The summed E-state index contributed by atoms with van der Waals surface area (Å²) in [6.45, 7) is 1.73. The molecule has 2 aromatic rings. The molecule has 0 aromatic heterocycles. The molecule has 6 rings (SSSR count). The molecule has 1 amide bonds. The van der Waals surface area contributed by atoms with Crippen LogP contribution in [0.15, 0.2) is 24.3 Å². The van der Waals surface area contributed by atoms with Gasteiger partial charge in [0.15, 0.2) is 11.5 Å². The average Bonchev–Trinajstić information content (AvgIpc) is 3.44. The van der Waals surface area contributed by atoms with Crippen molar-refractivity contribution >= 4 is 34.5 Å². The van der Waals surface area contributed by atoms with Crippen LogP contribution in [0.3, 0.4) is 0 Å². The molecular formula is C28H28F2INO8. The number of ether oxygens (including phenoxy) is 5. The summed E-state index contributed by atoms with van der Waals surface area (Å²) < 4.78 is 54.9. The van der Waals surface area contributed by atoms with Crippen LogP contribution < -0.4 is 29.0 Å². The van der Waals surface area contributed by atoms with Gasteiger partial charge >= 0.3 is 12.3 Å². The Balaban J connectivity index is 1.27. The summed E-state index contributed by atoms with van der Waals surface area (Å²) in [5, 5.41) is 12.6. The molecular weight excluding hydrogens is 643 g/mol. The van der Waals surface area contributed by atoms with Gasteiger partial charge in [-0.1, -0.05) is 0 Å². The lowest BCUT2D eigenvalue weighted by Gasteiger charge is -2.39. The Morgan fingerprint density at radius 1 is 1.10 bits per heavy atom. The van der Waals surface area contributed by atoms with Crippen LogP contribution in [0.2, 0.25) is 0 Å². The van der Waals surface area contributed by atoms with E-state index in [2.05, 4.69) is 14.8 Å². The molecule has 3 aliphatic heterocycles. The van der Waals surface area contributed by atoms with Gasteiger partial charge < -0.3 is 34.1 Å². The molecule has 0 bridgehead atoms. The van der Waals surface area contributed by atoms with Gasteiger partial charge in [0.2, 0.25) is 5.91 Å². The smallest absolute Gasteiger partial charge is 0.497 e. The average molecular weight is 671 g/mol. The van der Waals surface area contributed by atoms with Gasteiger partial charge in [-0.3, -0.25) is 9.59 Å². The Labute approximate surface area is 242 Å². The van der Waals surface area contributed by atoms with Crippen LogP contribution in [-0.2, 0) is 15.0 Å². The first-order valence-electron chi connectivity index (χ1n) is 13.1. The highest BCUT2D eigenvalue weighted by Crippen LogP contribution is 2.54. The lowest BCUT2D eigenvalue weighted by atomic mass is 9.76. The summed E-state index contributed by atoms with van der Waals surface area (Å²) >= 11 is 1.86. The number of nitrogens with one attached hydrogen (secondary N) is 1. The van der Waals surface area contributed by atoms with Gasteiger partial charge in [0, 0.05) is 23.6 Å². The Hall–Kier alpha value is -3.03. The molecule has 3 heterocycles. The second-order valence-corrected chi connectivity index (χ2v) is 12.0. The van der Waals surface area contributed by atoms with E-state index in [9.17, 15) is 23.5 Å². The number of aliphatic carboxylic acids is 1. The molecule has 1 saturated carbocycles. The fourth-order valence-corrected chi connectivity index (χ4v) is 6.97. The maximum atomic E-state index is 13.9. The summed E-state index contributed by atoms with van der Waals surface area (Å²) in [6, 6.07) is 6.46. The van der Waals surface area contributed by atoms with Gasteiger partial charge in [-0.15, -0.1) is 8.78 Å². The van der Waals surface area contributed by atoms with Gasteiger partial charge in [-0.2, -0.15) is 0 Å². The molecule has 1 fully saturated rings. The number of carboxylic acid groups (broad SMARTS) is 1. The van der Waals surface area contributed by atoms with E-state index in [1.807, 2.05) is 28.7 Å². The molecule has 2 aromatic carbocycles. The first-order chi connectivity index (χ1) is 19.0. The minimum atomic E-state index is -3.79. The zero-order valence-electron chi connectivity index (χ0n) is 21.8. The van der Waals surface area contributed by atoms with Crippen LogP contribution in [0, 0.1) is 15.4 Å². The normalized spacial score (nSPS) is 29.4. The van der Waals surface area contributed by atoms with Gasteiger partial charge in [0.1, 0.15) is 38.9 Å². The van der Waals surface area contributed by atoms with E-state index in [0.717, 1.165) is 18.4 Å². The van der Waals surface area contributed by atoms with Crippen molar-refractivity contribution in [3.63, 3.8) is 0 Å². The van der Waals surface area contributed by atoms with E-state index >= 15 is 0 Å². The number of rotatable bonds is 5. The third-order valence-corrected chi connectivity index (χ3v) is 9.47. The number of carbonyl (C=O) groups excluding carboxylic acids is 1. The summed E-state index contributed by atoms with van der Waals surface area (Å²) in [5.41, 5.74) is 0.0678. The second kappa shape index (κ2) is 9.81. The summed E-state index contributed by atoms with van der Waals surface area (Å²) in [4.78, 5) is 25.4. The van der Waals surface area contributed by atoms with Gasteiger partial charge in [0.25, 0.3) is 0 Å². The van der Waals surface area contributed by atoms with Crippen molar-refractivity contribution in [1.29, 1.82) is 0 Å². The van der Waals surface area contributed by atoms with E-state index < -0.39 is 23.7 Å². The number of halogens is 3. The number of methoxy groups -OCH3 is 1. The molecule has 214 valence electrons. The Kier molecular flexibility index (Phi) is 6.66. The van der Waals surface area contributed by atoms with Crippen molar-refractivity contribution in [2.24, 2.45) is 11.8 Å². The highest BCUT2D eigenvalue weighted by atomic mass is 127. The molecule has 1 aliphatic carbocycles. The van der Waals surface area contributed by atoms with Crippen LogP contribution >= 0.6 is 22.6 Å². The molecule has 0 saturated heterocycles. The van der Waals surface area contributed by atoms with Crippen molar-refractivity contribution in [2.75, 3.05) is 13.7 Å². The topological polar surface area (TPSA) is 113 Å². The Morgan fingerprint density at radius 2 is 1.85 bits per heavy atom. The van der Waals surface area contributed by atoms with Crippen molar-refractivity contribution in [2.45, 2.75) is 62.9 Å². The second-order valence-electron chi connectivity index (χ2n) is 11.0. The molecule has 0 unspecified atom stereocenters. The number of amides is 1. The highest BCUT2D eigenvalue weighted by molar-refractivity contribution is 14.1. The van der Waals surface area contributed by atoms with Crippen LogP contribution in [0.25, 0.3) is 0 Å². The molecule has 3 atom stereocenters. The highest BCUT2D eigenvalue weighted by Gasteiger charge is 2.51. The minimum Gasteiger partial charge on any atom is -0.497 e. The molecule has 40 heavy (non-hydrogen) atoms. The number of carbonyl (C=O) groups is 2. The molecule has 2 N–H and O–H groups in total. The molecule has 12 heteroatoms. The number of fused-ring (bicyclic) bond motifs is 3. The summed E-state index contributed by atoms with van der Waals surface area (Å²) in [7, 11) is 1.57. The first kappa shape index (κ1) is 27.2. The number of benzene rings is 2. The fourth-order valence-electron chi connectivity index (χ4n) is 6.15. The summed E-state index contributed by atoms with van der Waals surface area (Å²) in [6.07, 6.45) is -0.905. The van der Waals surface area contributed by atoms with E-state index in [1.54, 1.807) is 26.2 Å².